The molecule has 1 rings (SSSR count). The molecule has 0 aliphatic rings. The molecule has 3 nitrogen and oxygen atoms in total. The van der Waals surface area contributed by atoms with Crippen molar-refractivity contribution in [3.8, 4) is 0 Å². The fraction of sp³-hybridized carbons (Fsp3) is 0.273. The molecule has 0 amide bonds. The average molecular weight is 189 g/mol. The first-order valence-corrected chi connectivity index (χ1v) is 4.50. The van der Waals surface area contributed by atoms with Gasteiger partial charge in [0.25, 0.3) is 0 Å². The molecule has 0 spiro atoms. The van der Waals surface area contributed by atoms with Crippen molar-refractivity contribution in [3.63, 3.8) is 0 Å². The van der Waals surface area contributed by atoms with E-state index in [0.29, 0.717) is 11.7 Å². The molecule has 1 aromatic rings. The van der Waals surface area contributed by atoms with Crippen molar-refractivity contribution in [3.05, 3.63) is 29.8 Å². The molecular weight excluding hydrogens is 174 g/mol. The molecule has 0 heterocycles. The topological polar surface area (TPSA) is 50.7 Å². The number of nitrogens with zero attached hydrogens (tertiary/aromatic N) is 2. The summed E-state index contributed by atoms with van der Waals surface area (Å²) in [5.41, 5.74) is 7.54. The standard InChI is InChI=1S/C11H15N3/c1-8-5-4-6-11(7-8)14-10(3)13-9(2)12/h4-7H,1-3H3,(H2,12,13,14). The third-order valence-corrected chi connectivity index (χ3v) is 1.63. The Labute approximate surface area is 84.4 Å². The van der Waals surface area contributed by atoms with Crippen molar-refractivity contribution in [2.75, 3.05) is 0 Å². The van der Waals surface area contributed by atoms with Crippen LogP contribution in [0.25, 0.3) is 0 Å². The highest BCUT2D eigenvalue weighted by Gasteiger charge is 1.91. The summed E-state index contributed by atoms with van der Waals surface area (Å²) in [6.07, 6.45) is 0. The lowest BCUT2D eigenvalue weighted by Crippen LogP contribution is -2.07. The van der Waals surface area contributed by atoms with Gasteiger partial charge in [0.05, 0.1) is 11.5 Å². The van der Waals surface area contributed by atoms with Crippen molar-refractivity contribution < 1.29 is 0 Å². The largest absolute Gasteiger partial charge is 0.387 e. The van der Waals surface area contributed by atoms with Gasteiger partial charge in [-0.25, -0.2) is 9.98 Å². The summed E-state index contributed by atoms with van der Waals surface area (Å²) in [5.74, 6) is 1.20. The number of benzene rings is 1. The van der Waals surface area contributed by atoms with Crippen LogP contribution in [0.5, 0.6) is 0 Å². The van der Waals surface area contributed by atoms with Gasteiger partial charge in [-0.3, -0.25) is 0 Å². The fourth-order valence-corrected chi connectivity index (χ4v) is 1.16. The lowest BCUT2D eigenvalue weighted by molar-refractivity contribution is 1.39. The second kappa shape index (κ2) is 4.56. The van der Waals surface area contributed by atoms with Gasteiger partial charge < -0.3 is 5.73 Å². The zero-order valence-electron chi connectivity index (χ0n) is 8.78. The second-order valence-corrected chi connectivity index (χ2v) is 3.25. The molecule has 0 aliphatic carbocycles. The van der Waals surface area contributed by atoms with Crippen LogP contribution in [0.4, 0.5) is 5.69 Å². The molecule has 1 aromatic carbocycles. The highest BCUT2D eigenvalue weighted by atomic mass is 14.9. The summed E-state index contributed by atoms with van der Waals surface area (Å²) >= 11 is 0. The molecule has 0 atom stereocenters. The fourth-order valence-electron chi connectivity index (χ4n) is 1.16. The number of amidine groups is 2. The first-order valence-electron chi connectivity index (χ1n) is 4.50. The van der Waals surface area contributed by atoms with Crippen LogP contribution in [0.2, 0.25) is 0 Å². The summed E-state index contributed by atoms with van der Waals surface area (Å²) in [7, 11) is 0. The Morgan fingerprint density at radius 1 is 1.29 bits per heavy atom. The molecule has 2 N–H and O–H groups in total. The van der Waals surface area contributed by atoms with Crippen LogP contribution in [-0.4, -0.2) is 11.7 Å². The van der Waals surface area contributed by atoms with Gasteiger partial charge in [0, 0.05) is 0 Å². The van der Waals surface area contributed by atoms with E-state index in [1.807, 2.05) is 38.1 Å². The first-order chi connectivity index (χ1) is 6.58. The van der Waals surface area contributed by atoms with Gasteiger partial charge >= 0.3 is 0 Å². The SMILES string of the molecule is CC(N)=NC(C)=Nc1cccc(C)c1. The highest BCUT2D eigenvalue weighted by Crippen LogP contribution is 2.13. The van der Waals surface area contributed by atoms with Crippen molar-refractivity contribution in [1.82, 2.24) is 0 Å². The van der Waals surface area contributed by atoms with Crippen LogP contribution in [0.1, 0.15) is 19.4 Å². The molecule has 74 valence electrons. The van der Waals surface area contributed by atoms with Crippen LogP contribution in [0.3, 0.4) is 0 Å². The quantitative estimate of drug-likeness (QED) is 0.535. The summed E-state index contributed by atoms with van der Waals surface area (Å²) < 4.78 is 0. The first kappa shape index (κ1) is 10.4. The molecule has 0 unspecified atom stereocenters. The highest BCUT2D eigenvalue weighted by molar-refractivity contribution is 5.95. The van der Waals surface area contributed by atoms with E-state index in [1.54, 1.807) is 6.92 Å². The molecule has 0 fully saturated rings. The molecule has 0 saturated carbocycles. The number of aryl methyl sites for hydroxylation is 1. The van der Waals surface area contributed by atoms with E-state index in [2.05, 4.69) is 9.98 Å². The minimum Gasteiger partial charge on any atom is -0.387 e. The van der Waals surface area contributed by atoms with Crippen LogP contribution in [0.15, 0.2) is 34.3 Å². The number of rotatable bonds is 1. The zero-order chi connectivity index (χ0) is 10.6. The van der Waals surface area contributed by atoms with E-state index < -0.39 is 0 Å². The maximum absolute atomic E-state index is 5.45. The Kier molecular flexibility index (Phi) is 3.40. The Bertz CT molecular complexity index is 374. The van der Waals surface area contributed by atoms with E-state index in [9.17, 15) is 0 Å². The van der Waals surface area contributed by atoms with E-state index in [-0.39, 0.29) is 0 Å². The lowest BCUT2D eigenvalue weighted by Gasteiger charge is -1.97. The monoisotopic (exact) mass is 189 g/mol. The van der Waals surface area contributed by atoms with E-state index in [1.165, 1.54) is 5.56 Å². The third kappa shape index (κ3) is 3.39. The molecule has 0 saturated heterocycles. The Balaban J connectivity index is 2.92. The van der Waals surface area contributed by atoms with Crippen LogP contribution in [-0.2, 0) is 0 Å². The van der Waals surface area contributed by atoms with E-state index >= 15 is 0 Å². The number of aliphatic imine (C=N–C) groups is 2. The second-order valence-electron chi connectivity index (χ2n) is 3.25. The predicted octanol–water partition coefficient (Wildman–Crippen LogP) is 2.42. The summed E-state index contributed by atoms with van der Waals surface area (Å²) in [6, 6.07) is 7.95. The minimum absolute atomic E-state index is 0.527. The third-order valence-electron chi connectivity index (χ3n) is 1.63. The van der Waals surface area contributed by atoms with Gasteiger partial charge in [-0.1, -0.05) is 12.1 Å². The van der Waals surface area contributed by atoms with Crippen LogP contribution in [0, 0.1) is 6.92 Å². The minimum atomic E-state index is 0.527. The smallest absolute Gasteiger partial charge is 0.127 e. The maximum Gasteiger partial charge on any atom is 0.127 e. The van der Waals surface area contributed by atoms with Gasteiger partial charge in [-0.2, -0.15) is 0 Å². The summed E-state index contributed by atoms with van der Waals surface area (Å²) in [6.45, 7) is 5.61. The van der Waals surface area contributed by atoms with Crippen molar-refractivity contribution in [2.45, 2.75) is 20.8 Å². The molecule has 0 bridgehead atoms. The van der Waals surface area contributed by atoms with Crippen molar-refractivity contribution in [1.29, 1.82) is 0 Å². The van der Waals surface area contributed by atoms with Gasteiger partial charge in [0.15, 0.2) is 0 Å². The van der Waals surface area contributed by atoms with Crippen LogP contribution >= 0.6 is 0 Å². The van der Waals surface area contributed by atoms with Crippen LogP contribution < -0.4 is 5.73 Å². The average Bonchev–Trinajstić information content (AvgIpc) is 2.01. The zero-order valence-corrected chi connectivity index (χ0v) is 8.78. The van der Waals surface area contributed by atoms with E-state index in [0.717, 1.165) is 5.69 Å². The van der Waals surface area contributed by atoms with Crippen molar-refractivity contribution in [2.24, 2.45) is 15.7 Å². The molecule has 0 aliphatic heterocycles. The Morgan fingerprint density at radius 3 is 2.57 bits per heavy atom. The molecule has 0 aromatic heterocycles. The van der Waals surface area contributed by atoms with Gasteiger partial charge in [0.2, 0.25) is 0 Å². The number of nitrogens with two attached hydrogens (primary N) is 1. The van der Waals surface area contributed by atoms with Crippen molar-refractivity contribution >= 4 is 17.4 Å². The summed E-state index contributed by atoms with van der Waals surface area (Å²) in [4.78, 5) is 8.36. The molecule has 14 heavy (non-hydrogen) atoms. The molecule has 3 heteroatoms. The maximum atomic E-state index is 5.45. The molecule has 0 radical (unpaired) electrons. The Hall–Kier alpha value is -1.64. The molecular formula is C11H15N3. The predicted molar refractivity (Wildman–Crippen MR) is 61.2 cm³/mol. The van der Waals surface area contributed by atoms with E-state index in [4.69, 9.17) is 5.73 Å². The van der Waals surface area contributed by atoms with Gasteiger partial charge in [-0.05, 0) is 38.5 Å². The number of hydrogen-bond donors (Lipinski definition) is 1. The van der Waals surface area contributed by atoms with Gasteiger partial charge in [0.1, 0.15) is 5.84 Å². The van der Waals surface area contributed by atoms with Gasteiger partial charge in [-0.15, -0.1) is 0 Å². The lowest BCUT2D eigenvalue weighted by atomic mass is 10.2. The number of hydrogen-bond acceptors (Lipinski definition) is 1. The normalized spacial score (nSPS) is 13.1. The Morgan fingerprint density at radius 2 is 2.00 bits per heavy atom. The summed E-state index contributed by atoms with van der Waals surface area (Å²) in [5, 5.41) is 0.